The van der Waals surface area contributed by atoms with Crippen LogP contribution < -0.4 is 0 Å². The molecule has 0 aliphatic carbocycles. The average Bonchev–Trinajstić information content (AvgIpc) is 2.47. The normalized spacial score (nSPS) is 19.9. The maximum atomic E-state index is 12.6. The Morgan fingerprint density at radius 2 is 2.14 bits per heavy atom. The summed E-state index contributed by atoms with van der Waals surface area (Å²) in [7, 11) is -3.89. The van der Waals surface area contributed by atoms with Gasteiger partial charge in [0.25, 0.3) is 0 Å². The highest BCUT2D eigenvalue weighted by Crippen LogP contribution is 2.28. The number of nitrogens with zero attached hydrogens (tertiary/aromatic N) is 2. The van der Waals surface area contributed by atoms with Gasteiger partial charge in [-0.3, -0.25) is 4.79 Å². The van der Waals surface area contributed by atoms with Crippen molar-refractivity contribution in [3.63, 3.8) is 0 Å². The van der Waals surface area contributed by atoms with Crippen molar-refractivity contribution in [1.29, 1.82) is 5.26 Å². The van der Waals surface area contributed by atoms with E-state index in [0.29, 0.717) is 29.3 Å². The quantitative estimate of drug-likeness (QED) is 0.873. The predicted molar refractivity (Wildman–Crippen MR) is 78.0 cm³/mol. The maximum Gasteiger partial charge on any atom is 0.322 e. The number of piperidine rings is 1. The second-order valence-corrected chi connectivity index (χ2v) is 7.46. The number of halogens is 1. The summed E-state index contributed by atoms with van der Waals surface area (Å²) < 4.78 is 26.6. The number of nitriles is 1. The number of hydrogen-bond donors (Lipinski definition) is 1. The zero-order chi connectivity index (χ0) is 15.6. The van der Waals surface area contributed by atoms with Gasteiger partial charge < -0.3 is 5.11 Å². The van der Waals surface area contributed by atoms with Crippen molar-refractivity contribution >= 4 is 31.9 Å². The minimum Gasteiger partial charge on any atom is -0.480 e. The van der Waals surface area contributed by atoms with Gasteiger partial charge >= 0.3 is 5.97 Å². The molecule has 0 spiro atoms. The van der Waals surface area contributed by atoms with Crippen molar-refractivity contribution in [3.05, 3.63) is 28.2 Å². The van der Waals surface area contributed by atoms with Crippen LogP contribution in [0.1, 0.15) is 24.8 Å². The van der Waals surface area contributed by atoms with E-state index in [0.717, 1.165) is 4.31 Å². The predicted octanol–water partition coefficient (Wildman–Crippen LogP) is 1.95. The Morgan fingerprint density at radius 3 is 2.71 bits per heavy atom. The summed E-state index contributed by atoms with van der Waals surface area (Å²) in [5, 5.41) is 18.1. The molecular formula is C13H13BrN2O4S. The van der Waals surface area contributed by atoms with Gasteiger partial charge in [-0.2, -0.15) is 9.57 Å². The lowest BCUT2D eigenvalue weighted by atomic mass is 10.1. The summed E-state index contributed by atoms with van der Waals surface area (Å²) in [4.78, 5) is 11.2. The van der Waals surface area contributed by atoms with Crippen LogP contribution in [0.2, 0.25) is 0 Å². The lowest BCUT2D eigenvalue weighted by Gasteiger charge is -2.31. The Hall–Kier alpha value is -1.43. The second-order valence-electron chi connectivity index (χ2n) is 4.72. The molecule has 1 saturated heterocycles. The number of rotatable bonds is 3. The van der Waals surface area contributed by atoms with E-state index in [1.807, 2.05) is 6.07 Å². The van der Waals surface area contributed by atoms with Crippen LogP contribution in [-0.2, 0) is 14.8 Å². The molecule has 0 radical (unpaired) electrons. The number of carboxylic acid groups (broad SMARTS) is 1. The van der Waals surface area contributed by atoms with Crippen LogP contribution >= 0.6 is 15.9 Å². The third-order valence-corrected chi connectivity index (χ3v) is 5.97. The first kappa shape index (κ1) is 15.9. The van der Waals surface area contributed by atoms with E-state index >= 15 is 0 Å². The fraction of sp³-hybridized carbons (Fsp3) is 0.385. The molecule has 1 N–H and O–H groups in total. The van der Waals surface area contributed by atoms with Gasteiger partial charge in [0.15, 0.2) is 0 Å². The van der Waals surface area contributed by atoms with Crippen molar-refractivity contribution in [2.45, 2.75) is 30.2 Å². The average molecular weight is 373 g/mol. The molecule has 1 aliphatic heterocycles. The van der Waals surface area contributed by atoms with Crippen LogP contribution in [0.3, 0.4) is 0 Å². The summed E-state index contributed by atoms with van der Waals surface area (Å²) >= 11 is 3.15. The largest absolute Gasteiger partial charge is 0.480 e. The van der Waals surface area contributed by atoms with Gasteiger partial charge in [-0.25, -0.2) is 8.42 Å². The summed E-state index contributed by atoms with van der Waals surface area (Å²) in [6, 6.07) is 4.96. The zero-order valence-corrected chi connectivity index (χ0v) is 13.4. The number of aliphatic carboxylic acids is 1. The fourth-order valence-electron chi connectivity index (χ4n) is 2.32. The maximum absolute atomic E-state index is 12.6. The molecule has 1 aromatic carbocycles. The molecule has 1 aliphatic rings. The summed E-state index contributed by atoms with van der Waals surface area (Å²) in [5.41, 5.74) is 0.322. The third-order valence-electron chi connectivity index (χ3n) is 3.41. The van der Waals surface area contributed by atoms with Crippen molar-refractivity contribution < 1.29 is 18.3 Å². The zero-order valence-electron chi connectivity index (χ0n) is 11.0. The molecular weight excluding hydrogens is 360 g/mol. The minimum atomic E-state index is -3.89. The molecule has 0 bridgehead atoms. The molecule has 0 amide bonds. The molecule has 1 heterocycles. The molecule has 8 heteroatoms. The Kier molecular flexibility index (Phi) is 4.66. The summed E-state index contributed by atoms with van der Waals surface area (Å²) in [6.07, 6.45) is 1.65. The number of benzene rings is 1. The Morgan fingerprint density at radius 1 is 1.43 bits per heavy atom. The molecule has 1 atom stereocenters. The van der Waals surface area contributed by atoms with Crippen molar-refractivity contribution in [2.75, 3.05) is 6.54 Å². The van der Waals surface area contributed by atoms with Gasteiger partial charge in [-0.15, -0.1) is 0 Å². The van der Waals surface area contributed by atoms with Gasteiger partial charge in [0, 0.05) is 11.0 Å². The molecule has 21 heavy (non-hydrogen) atoms. The molecule has 1 unspecified atom stereocenters. The fourth-order valence-corrected chi connectivity index (χ4v) is 4.62. The number of carboxylic acids is 1. The highest BCUT2D eigenvalue weighted by molar-refractivity contribution is 9.10. The molecule has 0 saturated carbocycles. The smallest absolute Gasteiger partial charge is 0.322 e. The van der Waals surface area contributed by atoms with Crippen LogP contribution in [0.25, 0.3) is 0 Å². The topological polar surface area (TPSA) is 98.5 Å². The molecule has 1 aromatic rings. The first-order chi connectivity index (χ1) is 9.87. The van der Waals surface area contributed by atoms with Gasteiger partial charge in [0.05, 0.1) is 10.5 Å². The van der Waals surface area contributed by atoms with E-state index in [1.54, 1.807) is 0 Å². The van der Waals surface area contributed by atoms with Crippen LogP contribution in [-0.4, -0.2) is 36.4 Å². The number of sulfonamides is 1. The van der Waals surface area contributed by atoms with E-state index in [-0.39, 0.29) is 11.4 Å². The summed E-state index contributed by atoms with van der Waals surface area (Å²) in [5.74, 6) is -1.13. The molecule has 2 rings (SSSR count). The van der Waals surface area contributed by atoms with E-state index < -0.39 is 22.0 Å². The van der Waals surface area contributed by atoms with Gasteiger partial charge in [-0.05, 0) is 53.4 Å². The van der Waals surface area contributed by atoms with Crippen molar-refractivity contribution in [1.82, 2.24) is 4.31 Å². The lowest BCUT2D eigenvalue weighted by molar-refractivity contribution is -0.142. The van der Waals surface area contributed by atoms with E-state index in [2.05, 4.69) is 15.9 Å². The minimum absolute atomic E-state index is 0.0125. The molecule has 6 nitrogen and oxygen atoms in total. The molecule has 1 fully saturated rings. The molecule has 112 valence electrons. The highest BCUT2D eigenvalue weighted by Gasteiger charge is 2.37. The first-order valence-corrected chi connectivity index (χ1v) is 8.55. The standard InChI is InChI=1S/C13H13BrN2O4S/c14-11-7-10(5-4-9(11)8-15)21(19,20)16-6-2-1-3-12(16)13(17)18/h4-5,7,12H,1-3,6H2,(H,17,18). The lowest BCUT2D eigenvalue weighted by Crippen LogP contribution is -2.47. The van der Waals surface area contributed by atoms with Crippen molar-refractivity contribution in [3.8, 4) is 6.07 Å². The SMILES string of the molecule is N#Cc1ccc(S(=O)(=O)N2CCCCC2C(=O)O)cc1Br. The Balaban J connectivity index is 2.43. The number of carbonyl (C=O) groups is 1. The highest BCUT2D eigenvalue weighted by atomic mass is 79.9. The third kappa shape index (κ3) is 3.10. The van der Waals surface area contributed by atoms with Crippen LogP contribution in [0, 0.1) is 11.3 Å². The Bertz CT molecular complexity index is 711. The summed E-state index contributed by atoms with van der Waals surface area (Å²) in [6.45, 7) is 0.191. The number of hydrogen-bond acceptors (Lipinski definition) is 4. The van der Waals surface area contributed by atoms with Crippen LogP contribution in [0.5, 0.6) is 0 Å². The van der Waals surface area contributed by atoms with Crippen LogP contribution in [0.15, 0.2) is 27.6 Å². The van der Waals surface area contributed by atoms with Gasteiger partial charge in [0.1, 0.15) is 12.1 Å². The Labute approximate surface area is 131 Å². The van der Waals surface area contributed by atoms with E-state index in [9.17, 15) is 18.3 Å². The molecule has 0 aromatic heterocycles. The van der Waals surface area contributed by atoms with Gasteiger partial charge in [0.2, 0.25) is 10.0 Å². The van der Waals surface area contributed by atoms with E-state index in [1.165, 1.54) is 18.2 Å². The van der Waals surface area contributed by atoms with Crippen LogP contribution in [0.4, 0.5) is 0 Å². The second kappa shape index (κ2) is 6.13. The van der Waals surface area contributed by atoms with E-state index in [4.69, 9.17) is 5.26 Å². The monoisotopic (exact) mass is 372 g/mol. The van der Waals surface area contributed by atoms with Crippen molar-refractivity contribution in [2.24, 2.45) is 0 Å². The first-order valence-electron chi connectivity index (χ1n) is 6.32. The van der Waals surface area contributed by atoms with Gasteiger partial charge in [-0.1, -0.05) is 0 Å².